The lowest BCUT2D eigenvalue weighted by molar-refractivity contribution is 0.251. The number of anilines is 1. The van der Waals surface area contributed by atoms with E-state index in [0.717, 1.165) is 12.8 Å². The van der Waals surface area contributed by atoms with E-state index in [0.29, 0.717) is 12.2 Å². The monoisotopic (exact) mass is 298 g/mol. The van der Waals surface area contributed by atoms with Gasteiger partial charge in [0.25, 0.3) is 0 Å². The lowest BCUT2D eigenvalue weighted by Crippen LogP contribution is -2.35. The molecule has 2 aromatic rings. The van der Waals surface area contributed by atoms with Crippen LogP contribution in [0.25, 0.3) is 0 Å². The van der Waals surface area contributed by atoms with Gasteiger partial charge in [-0.25, -0.2) is 9.18 Å². The van der Waals surface area contributed by atoms with Gasteiger partial charge in [0, 0.05) is 17.6 Å². The number of rotatable bonds is 4. The molecule has 0 aliphatic heterocycles. The maximum Gasteiger partial charge on any atom is 0.319 e. The topological polar surface area (TPSA) is 41.1 Å². The standard InChI is InChI=1S/C18H19FN2O/c1-13-5-7-14(8-6-13)18(9-10-18)12-20-17(22)21-16-4-2-3-15(19)11-16/h2-8,11H,9-10,12H2,1H3,(H2,20,21,22). The van der Waals surface area contributed by atoms with E-state index < -0.39 is 0 Å². The molecule has 3 rings (SSSR count). The summed E-state index contributed by atoms with van der Waals surface area (Å²) in [6.07, 6.45) is 2.16. The Kier molecular flexibility index (Phi) is 3.84. The van der Waals surface area contributed by atoms with Crippen molar-refractivity contribution in [2.75, 3.05) is 11.9 Å². The average molecular weight is 298 g/mol. The summed E-state index contributed by atoms with van der Waals surface area (Å²) in [4.78, 5) is 11.9. The Labute approximate surface area is 129 Å². The van der Waals surface area contributed by atoms with E-state index >= 15 is 0 Å². The second-order valence-corrected chi connectivity index (χ2v) is 5.96. The number of nitrogens with one attached hydrogen (secondary N) is 2. The van der Waals surface area contributed by atoms with Crippen molar-refractivity contribution in [2.24, 2.45) is 0 Å². The van der Waals surface area contributed by atoms with Crippen molar-refractivity contribution in [2.45, 2.75) is 25.2 Å². The molecule has 1 aliphatic rings. The van der Waals surface area contributed by atoms with Crippen LogP contribution in [-0.4, -0.2) is 12.6 Å². The summed E-state index contributed by atoms with van der Waals surface area (Å²) < 4.78 is 13.1. The summed E-state index contributed by atoms with van der Waals surface area (Å²) in [6.45, 7) is 2.66. The molecule has 2 amide bonds. The number of hydrogen-bond donors (Lipinski definition) is 2. The number of benzene rings is 2. The number of halogens is 1. The van der Waals surface area contributed by atoms with Crippen LogP contribution in [0.4, 0.5) is 14.9 Å². The van der Waals surface area contributed by atoms with E-state index in [2.05, 4.69) is 41.8 Å². The molecule has 0 bridgehead atoms. The van der Waals surface area contributed by atoms with Gasteiger partial charge in [0.2, 0.25) is 0 Å². The summed E-state index contributed by atoms with van der Waals surface area (Å²) in [5, 5.41) is 5.55. The SMILES string of the molecule is Cc1ccc(C2(CNC(=O)Nc3cccc(F)c3)CC2)cc1. The molecule has 1 saturated carbocycles. The summed E-state index contributed by atoms with van der Waals surface area (Å²) in [5.41, 5.74) is 3.02. The fourth-order valence-electron chi connectivity index (χ4n) is 2.62. The number of carbonyl (C=O) groups is 1. The highest BCUT2D eigenvalue weighted by Crippen LogP contribution is 2.47. The molecule has 1 fully saturated rings. The van der Waals surface area contributed by atoms with Crippen LogP contribution < -0.4 is 10.6 Å². The van der Waals surface area contributed by atoms with E-state index in [1.165, 1.54) is 23.3 Å². The molecule has 0 radical (unpaired) electrons. The van der Waals surface area contributed by atoms with Crippen LogP contribution in [0, 0.1) is 12.7 Å². The summed E-state index contributed by atoms with van der Waals surface area (Å²) in [5.74, 6) is -0.365. The molecule has 0 atom stereocenters. The lowest BCUT2D eigenvalue weighted by Gasteiger charge is -2.17. The van der Waals surface area contributed by atoms with Gasteiger partial charge in [-0.2, -0.15) is 0 Å². The minimum atomic E-state index is -0.365. The molecule has 114 valence electrons. The lowest BCUT2D eigenvalue weighted by atomic mass is 9.95. The highest BCUT2D eigenvalue weighted by atomic mass is 19.1. The maximum atomic E-state index is 13.1. The van der Waals surface area contributed by atoms with Gasteiger partial charge in [-0.05, 0) is 43.5 Å². The molecule has 0 saturated heterocycles. The van der Waals surface area contributed by atoms with Gasteiger partial charge in [0.15, 0.2) is 0 Å². The Hall–Kier alpha value is -2.36. The summed E-state index contributed by atoms with van der Waals surface area (Å²) in [6, 6.07) is 14.0. The van der Waals surface area contributed by atoms with Crippen molar-refractivity contribution >= 4 is 11.7 Å². The Bertz CT molecular complexity index is 678. The molecule has 0 heterocycles. The largest absolute Gasteiger partial charge is 0.337 e. The zero-order valence-electron chi connectivity index (χ0n) is 12.5. The molecule has 3 nitrogen and oxygen atoms in total. The van der Waals surface area contributed by atoms with Gasteiger partial charge in [0.1, 0.15) is 5.82 Å². The molecule has 22 heavy (non-hydrogen) atoms. The van der Waals surface area contributed by atoms with Crippen molar-refractivity contribution < 1.29 is 9.18 Å². The molecule has 2 N–H and O–H groups in total. The first-order valence-electron chi connectivity index (χ1n) is 7.45. The van der Waals surface area contributed by atoms with E-state index in [9.17, 15) is 9.18 Å². The number of amides is 2. The number of carbonyl (C=O) groups excluding carboxylic acids is 1. The first-order valence-corrected chi connectivity index (χ1v) is 7.45. The maximum absolute atomic E-state index is 13.1. The average Bonchev–Trinajstić information content (AvgIpc) is 3.27. The Morgan fingerprint density at radius 3 is 2.55 bits per heavy atom. The molecule has 0 unspecified atom stereocenters. The van der Waals surface area contributed by atoms with Gasteiger partial charge in [0.05, 0.1) is 0 Å². The zero-order chi connectivity index (χ0) is 15.6. The van der Waals surface area contributed by atoms with E-state index in [4.69, 9.17) is 0 Å². The zero-order valence-corrected chi connectivity index (χ0v) is 12.5. The molecular weight excluding hydrogens is 279 g/mol. The van der Waals surface area contributed by atoms with Crippen LogP contribution in [-0.2, 0) is 5.41 Å². The second-order valence-electron chi connectivity index (χ2n) is 5.96. The fourth-order valence-corrected chi connectivity index (χ4v) is 2.62. The minimum Gasteiger partial charge on any atom is -0.337 e. The Morgan fingerprint density at radius 2 is 1.91 bits per heavy atom. The quantitative estimate of drug-likeness (QED) is 0.880. The smallest absolute Gasteiger partial charge is 0.319 e. The van der Waals surface area contributed by atoms with Crippen LogP contribution in [0.3, 0.4) is 0 Å². The third kappa shape index (κ3) is 3.27. The number of aryl methyl sites for hydroxylation is 1. The van der Waals surface area contributed by atoms with Crippen molar-refractivity contribution in [3.05, 3.63) is 65.5 Å². The first-order chi connectivity index (χ1) is 10.6. The Balaban J connectivity index is 1.58. The molecular formula is C18H19FN2O. The van der Waals surface area contributed by atoms with Crippen LogP contribution >= 0.6 is 0 Å². The first kappa shape index (κ1) is 14.6. The van der Waals surface area contributed by atoms with Gasteiger partial charge < -0.3 is 10.6 Å². The van der Waals surface area contributed by atoms with Gasteiger partial charge in [-0.15, -0.1) is 0 Å². The van der Waals surface area contributed by atoms with Crippen molar-refractivity contribution in [1.82, 2.24) is 5.32 Å². The molecule has 1 aliphatic carbocycles. The van der Waals surface area contributed by atoms with Crippen molar-refractivity contribution in [3.8, 4) is 0 Å². The number of hydrogen-bond acceptors (Lipinski definition) is 1. The van der Waals surface area contributed by atoms with Crippen LogP contribution in [0.15, 0.2) is 48.5 Å². The molecule has 4 heteroatoms. The molecule has 0 spiro atoms. The predicted molar refractivity (Wildman–Crippen MR) is 85.5 cm³/mol. The normalized spacial score (nSPS) is 15.2. The van der Waals surface area contributed by atoms with Crippen molar-refractivity contribution in [1.29, 1.82) is 0 Å². The Morgan fingerprint density at radius 1 is 1.18 bits per heavy atom. The van der Waals surface area contributed by atoms with E-state index in [-0.39, 0.29) is 17.3 Å². The third-order valence-electron chi connectivity index (χ3n) is 4.19. The highest BCUT2D eigenvalue weighted by molar-refractivity contribution is 5.89. The van der Waals surface area contributed by atoms with Gasteiger partial charge in [-0.3, -0.25) is 0 Å². The van der Waals surface area contributed by atoms with Crippen LogP contribution in [0.1, 0.15) is 24.0 Å². The van der Waals surface area contributed by atoms with E-state index in [1.807, 2.05) is 0 Å². The second kappa shape index (κ2) is 5.79. The van der Waals surface area contributed by atoms with Gasteiger partial charge >= 0.3 is 6.03 Å². The van der Waals surface area contributed by atoms with Crippen molar-refractivity contribution in [3.63, 3.8) is 0 Å². The molecule has 0 aromatic heterocycles. The van der Waals surface area contributed by atoms with E-state index in [1.54, 1.807) is 12.1 Å². The van der Waals surface area contributed by atoms with Crippen LogP contribution in [0.2, 0.25) is 0 Å². The summed E-state index contributed by atoms with van der Waals surface area (Å²) in [7, 11) is 0. The fraction of sp³-hybridized carbons (Fsp3) is 0.278. The highest BCUT2D eigenvalue weighted by Gasteiger charge is 2.44. The molecule has 2 aromatic carbocycles. The van der Waals surface area contributed by atoms with Crippen LogP contribution in [0.5, 0.6) is 0 Å². The predicted octanol–water partition coefficient (Wildman–Crippen LogP) is 3.99. The van der Waals surface area contributed by atoms with Gasteiger partial charge in [-0.1, -0.05) is 35.9 Å². The summed E-state index contributed by atoms with van der Waals surface area (Å²) >= 11 is 0. The minimum absolute atomic E-state index is 0.0625. The third-order valence-corrected chi connectivity index (χ3v) is 4.19. The number of urea groups is 1.